The fourth-order valence-electron chi connectivity index (χ4n) is 7.40. The molecule has 7 aromatic carbocycles. The van der Waals surface area contributed by atoms with E-state index >= 15 is 0 Å². The Kier molecular flexibility index (Phi) is 16.3. The summed E-state index contributed by atoms with van der Waals surface area (Å²) in [6.07, 6.45) is 0. The Hall–Kier alpha value is -4.02. The van der Waals surface area contributed by atoms with Gasteiger partial charge in [-0.25, -0.2) is 27.0 Å². The van der Waals surface area contributed by atoms with Crippen molar-refractivity contribution in [2.45, 2.75) is 69.2 Å². The molecule has 7 rings (SSSR count). The van der Waals surface area contributed by atoms with E-state index in [1.165, 1.54) is 93.1 Å². The van der Waals surface area contributed by atoms with Crippen molar-refractivity contribution in [3.8, 4) is 0 Å². The smallest absolute Gasteiger partial charge is 0.0360 e. The van der Waals surface area contributed by atoms with Gasteiger partial charge in [-0.05, 0) is 78.1 Å². The summed E-state index contributed by atoms with van der Waals surface area (Å²) in [5.74, 6) is 0. The van der Waals surface area contributed by atoms with Crippen LogP contribution in [0, 0.1) is 69.2 Å². The zero-order valence-electron chi connectivity index (χ0n) is 35.5. The molecule has 0 amide bonds. The number of para-hydroxylation sites is 1. The van der Waals surface area contributed by atoms with Gasteiger partial charge >= 0.3 is 0 Å². The summed E-state index contributed by atoms with van der Waals surface area (Å²) in [7, 11) is 3.08. The molecule has 0 atom stereocenters. The third-order valence-corrected chi connectivity index (χ3v) is 14.7. The molecule has 0 spiro atoms. The Bertz CT molecular complexity index is 2000. The van der Waals surface area contributed by atoms with Gasteiger partial charge in [0.25, 0.3) is 0 Å². The zero-order valence-corrected chi connectivity index (χ0v) is 38.4. The maximum atomic E-state index is 2.36. The van der Waals surface area contributed by atoms with E-state index in [2.05, 4.69) is 195 Å². The number of benzene rings is 5. The van der Waals surface area contributed by atoms with E-state index in [0.717, 1.165) is 0 Å². The molecule has 0 saturated carbocycles. The van der Waals surface area contributed by atoms with Gasteiger partial charge in [0, 0.05) is 36.9 Å². The second-order valence-electron chi connectivity index (χ2n) is 15.5. The standard InChI is InChI=1S/2C22H24P.C8H11N.Fe/c2*1-15-9-16(2)12-20(11-15)23(22-8-6-7-19(22)5)21-13-17(3)10-18(4)14-21;1-9(2)8-6-4-3-5-7-8;/h2*6-14H,1-5H3;3-7H,1-2H3;/q-5;-1;;. The average Bonchev–Trinajstić information content (AvgIpc) is 3.71. The minimum absolute atomic E-state index is 0. The summed E-state index contributed by atoms with van der Waals surface area (Å²) in [4.78, 5) is 2.08. The van der Waals surface area contributed by atoms with Crippen LogP contribution < -0.4 is 36.7 Å². The van der Waals surface area contributed by atoms with Crippen molar-refractivity contribution in [2.75, 3.05) is 19.0 Å². The van der Waals surface area contributed by atoms with Gasteiger partial charge in [0.1, 0.15) is 0 Å². The summed E-state index contributed by atoms with van der Waals surface area (Å²) in [5.41, 5.74) is 14.8. The van der Waals surface area contributed by atoms with Crippen LogP contribution in [-0.4, -0.2) is 14.1 Å². The van der Waals surface area contributed by atoms with Gasteiger partial charge in [-0.1, -0.05) is 161 Å². The molecular weight excluding hydrogens is 756 g/mol. The fraction of sp³-hybridized carbons (Fsp3) is 0.231. The van der Waals surface area contributed by atoms with Gasteiger partial charge in [-0.2, -0.15) is 11.6 Å². The average molecular weight is 816 g/mol. The third kappa shape index (κ3) is 12.0. The van der Waals surface area contributed by atoms with Crippen LogP contribution in [-0.2, 0) is 17.1 Å². The van der Waals surface area contributed by atoms with Crippen LogP contribution in [0.3, 0.4) is 0 Å². The third-order valence-electron chi connectivity index (χ3n) is 9.62. The van der Waals surface area contributed by atoms with Crippen LogP contribution >= 0.6 is 15.8 Å². The number of aryl methyl sites for hydroxylation is 10. The minimum Gasteiger partial charge on any atom is -0.747 e. The molecule has 0 saturated heterocycles. The largest absolute Gasteiger partial charge is 0.747 e. The summed E-state index contributed by atoms with van der Waals surface area (Å²) < 4.78 is 0. The van der Waals surface area contributed by atoms with E-state index in [1.807, 2.05) is 32.3 Å². The number of rotatable bonds is 7. The maximum Gasteiger partial charge on any atom is 0.0360 e. The monoisotopic (exact) mass is 815 g/mol. The molecule has 0 aliphatic heterocycles. The van der Waals surface area contributed by atoms with Crippen molar-refractivity contribution < 1.29 is 17.1 Å². The molecule has 0 aromatic heterocycles. The van der Waals surface area contributed by atoms with E-state index in [1.54, 1.807) is 0 Å². The summed E-state index contributed by atoms with van der Waals surface area (Å²) >= 11 is 0. The predicted octanol–water partition coefficient (Wildman–Crippen LogP) is 11.2. The number of hydrogen-bond donors (Lipinski definition) is 0. The Morgan fingerprint density at radius 3 is 1.12 bits per heavy atom. The van der Waals surface area contributed by atoms with Crippen molar-refractivity contribution in [2.24, 2.45) is 0 Å². The van der Waals surface area contributed by atoms with Crippen LogP contribution in [0.5, 0.6) is 0 Å². The summed E-state index contributed by atoms with van der Waals surface area (Å²) in [5, 5.41) is 8.78. The zero-order chi connectivity index (χ0) is 39.8. The van der Waals surface area contributed by atoms with E-state index < -0.39 is 15.8 Å². The second kappa shape index (κ2) is 20.4. The molecule has 296 valence electrons. The topological polar surface area (TPSA) is 3.24 Å². The number of hydrogen-bond acceptors (Lipinski definition) is 1. The van der Waals surface area contributed by atoms with Gasteiger partial charge in [-0.15, -0.1) is 5.30 Å². The predicted molar refractivity (Wildman–Crippen MR) is 250 cm³/mol. The quantitative estimate of drug-likeness (QED) is 0.0880. The molecule has 56 heavy (non-hydrogen) atoms. The van der Waals surface area contributed by atoms with Crippen LogP contribution in [0.1, 0.15) is 55.6 Å². The van der Waals surface area contributed by atoms with Gasteiger partial charge in [0.2, 0.25) is 0 Å². The molecule has 0 fully saturated rings. The van der Waals surface area contributed by atoms with E-state index in [9.17, 15) is 0 Å². The first-order valence-corrected chi connectivity index (χ1v) is 22.0. The Labute approximate surface area is 351 Å². The van der Waals surface area contributed by atoms with Crippen LogP contribution in [0.15, 0.2) is 140 Å². The van der Waals surface area contributed by atoms with Crippen molar-refractivity contribution in [1.82, 2.24) is 0 Å². The van der Waals surface area contributed by atoms with E-state index in [-0.39, 0.29) is 17.1 Å². The van der Waals surface area contributed by atoms with Gasteiger partial charge in [0.15, 0.2) is 0 Å². The second-order valence-corrected chi connectivity index (χ2v) is 19.8. The molecule has 0 aliphatic carbocycles. The van der Waals surface area contributed by atoms with Gasteiger partial charge < -0.3 is 34.0 Å². The first-order valence-electron chi connectivity index (χ1n) is 19.3. The molecule has 0 aliphatic rings. The maximum absolute atomic E-state index is 2.36. The Morgan fingerprint density at radius 2 is 0.839 bits per heavy atom. The number of nitrogens with zero attached hydrogens (tertiary/aromatic N) is 1. The molecule has 0 unspecified atom stereocenters. The van der Waals surface area contributed by atoms with Gasteiger partial charge in [-0.3, -0.25) is 0 Å². The minimum atomic E-state index is -0.495. The molecule has 4 heteroatoms. The van der Waals surface area contributed by atoms with Crippen LogP contribution in [0.25, 0.3) is 0 Å². The van der Waals surface area contributed by atoms with Crippen molar-refractivity contribution in [1.29, 1.82) is 0 Å². The van der Waals surface area contributed by atoms with Crippen LogP contribution in [0.2, 0.25) is 0 Å². The molecule has 0 bridgehead atoms. The van der Waals surface area contributed by atoms with E-state index in [0.29, 0.717) is 0 Å². The van der Waals surface area contributed by atoms with E-state index in [4.69, 9.17) is 0 Å². The molecule has 1 nitrogen and oxygen atoms in total. The molecule has 0 heterocycles. The first-order chi connectivity index (χ1) is 26.2. The Balaban J connectivity index is 0.000000201. The van der Waals surface area contributed by atoms with Crippen molar-refractivity contribution in [3.05, 3.63) is 195 Å². The van der Waals surface area contributed by atoms with Gasteiger partial charge in [0.05, 0.1) is 0 Å². The SMILES string of the molecule is CN(C)c1ccccc1.Cc1cc(C)cc(P(c2cc(C)cc(C)c2)[c-]2[cH-][cH-][cH-][c-]2C)c1.Cc1cc(C)cc(P(c2cc(C)cc(C)c2)[c-]2cccc2C)c1.[Fe]. The van der Waals surface area contributed by atoms with Crippen molar-refractivity contribution >= 4 is 53.4 Å². The summed E-state index contributed by atoms with van der Waals surface area (Å²) in [6.45, 7) is 22.0. The normalized spacial score (nSPS) is 10.7. The number of anilines is 1. The summed E-state index contributed by atoms with van der Waals surface area (Å²) in [6, 6.07) is 51.7. The van der Waals surface area contributed by atoms with Crippen LogP contribution in [0.4, 0.5) is 5.69 Å². The first kappa shape index (κ1) is 44.7. The molecule has 0 radical (unpaired) electrons. The molecule has 7 aromatic rings. The Morgan fingerprint density at radius 1 is 0.464 bits per heavy atom. The molecular formula is C52H59FeNP2-6. The fourth-order valence-corrected chi connectivity index (χ4v) is 13.1. The van der Waals surface area contributed by atoms with Crippen molar-refractivity contribution in [3.63, 3.8) is 0 Å². The molecule has 0 N–H and O–H groups in total.